The second-order valence-electron chi connectivity index (χ2n) is 16.0. The van der Waals surface area contributed by atoms with Crippen molar-refractivity contribution < 1.29 is 34.0 Å². The number of hydrogen-bond donors (Lipinski definition) is 2. The van der Waals surface area contributed by atoms with Crippen molar-refractivity contribution in [3.63, 3.8) is 0 Å². The highest BCUT2D eigenvalue weighted by molar-refractivity contribution is 6.03. The van der Waals surface area contributed by atoms with E-state index in [1.165, 1.54) is 19.4 Å². The molecule has 45 heavy (non-hydrogen) atoms. The van der Waals surface area contributed by atoms with Gasteiger partial charge in [-0.1, -0.05) is 13.8 Å². The Morgan fingerprint density at radius 2 is 1.62 bits per heavy atom. The fraction of sp³-hybridized carbons (Fsp3) is 0.943. The highest BCUT2D eigenvalue weighted by atomic mass is 16.6. The van der Waals surface area contributed by atoms with Crippen LogP contribution in [0.15, 0.2) is 0 Å². The highest BCUT2D eigenvalue weighted by Gasteiger charge is 2.45. The predicted octanol–water partition coefficient (Wildman–Crippen LogP) is 3.42. The molecule has 2 saturated heterocycles. The maximum atomic E-state index is 13.3. The van der Waals surface area contributed by atoms with Gasteiger partial charge in [0.2, 0.25) is 0 Å². The van der Waals surface area contributed by atoms with Crippen molar-refractivity contribution in [3.05, 3.63) is 0 Å². The third kappa shape index (κ3) is 10.2. The van der Waals surface area contributed by atoms with E-state index >= 15 is 0 Å². The zero-order valence-corrected chi connectivity index (χ0v) is 30.1. The second kappa shape index (κ2) is 15.8. The zero-order valence-electron chi connectivity index (χ0n) is 30.1. The molecule has 0 aromatic heterocycles. The molecule has 0 aromatic rings. The van der Waals surface area contributed by atoms with Gasteiger partial charge in [-0.25, -0.2) is 0 Å². The van der Waals surface area contributed by atoms with E-state index in [4.69, 9.17) is 14.2 Å². The maximum Gasteiger partial charge on any atom is 0.319 e. The van der Waals surface area contributed by atoms with Crippen molar-refractivity contribution in [2.45, 2.75) is 129 Å². The van der Waals surface area contributed by atoms with E-state index in [1.807, 2.05) is 32.8 Å². The maximum absolute atomic E-state index is 13.3. The Balaban J connectivity index is 0.000000385. The Labute approximate surface area is 273 Å². The number of Topliss-reactive ketones (excluding diaryl/α,β-unsaturated/α-hetero) is 1. The number of rotatable bonds is 6. The molecule has 0 spiro atoms. The number of methoxy groups -OCH3 is 1. The lowest BCUT2D eigenvalue weighted by Gasteiger charge is -2.47. The number of aliphatic hydroxyl groups is 2. The summed E-state index contributed by atoms with van der Waals surface area (Å²) in [6.07, 6.45) is 5.48. The predicted molar refractivity (Wildman–Crippen MR) is 176 cm³/mol. The second-order valence-corrected chi connectivity index (χ2v) is 16.0. The van der Waals surface area contributed by atoms with Crippen LogP contribution in [0, 0.1) is 29.1 Å². The van der Waals surface area contributed by atoms with E-state index in [0.29, 0.717) is 30.9 Å². The summed E-state index contributed by atoms with van der Waals surface area (Å²) in [5, 5.41) is 18.8. The molecule has 4 fully saturated rings. The van der Waals surface area contributed by atoms with Crippen LogP contribution < -0.4 is 0 Å². The minimum atomic E-state index is -1.15. The smallest absolute Gasteiger partial charge is 0.319 e. The Bertz CT molecular complexity index is 969. The molecule has 4 rings (SSSR count). The summed E-state index contributed by atoms with van der Waals surface area (Å²) < 4.78 is 16.8. The lowest BCUT2D eigenvalue weighted by atomic mass is 9.74. The molecule has 10 nitrogen and oxygen atoms in total. The van der Waals surface area contributed by atoms with Crippen LogP contribution >= 0.6 is 0 Å². The summed E-state index contributed by atoms with van der Waals surface area (Å²) in [5.74, 6) is 1.10. The topological polar surface area (TPSA) is 112 Å². The normalized spacial score (nSPS) is 40.4. The Hall–Kier alpha value is -1.14. The van der Waals surface area contributed by atoms with Crippen molar-refractivity contribution >= 4 is 11.8 Å². The Morgan fingerprint density at radius 3 is 2.18 bits per heavy atom. The van der Waals surface area contributed by atoms with Crippen molar-refractivity contribution in [3.8, 4) is 0 Å². The number of likely N-dealkylation sites (N-methyl/N-ethyl adjacent to an activating group) is 2. The van der Waals surface area contributed by atoms with Gasteiger partial charge in [-0.05, 0) is 119 Å². The van der Waals surface area contributed by atoms with Gasteiger partial charge >= 0.3 is 5.97 Å². The number of carbonyl (C=O) groups excluding carboxylic acids is 2. The van der Waals surface area contributed by atoms with E-state index in [1.54, 1.807) is 21.0 Å². The number of carbonyl (C=O) groups is 2. The van der Waals surface area contributed by atoms with Gasteiger partial charge in [0, 0.05) is 44.2 Å². The monoisotopic (exact) mass is 639 g/mol. The SMILES string of the molecule is CO[C@]1(C)C[C@@H](C)CN(C)[C@H](C2CC(N(C)CC3CC3)C2)COC(=O)C(C)(C)C(=O)[C@H](C)C1.C[C@@H]1C[C@H](N(C)C)[C@@H](O)[C@H](O)O1. The largest absolute Gasteiger partial charge is 0.463 e. The van der Waals surface area contributed by atoms with Gasteiger partial charge in [-0.15, -0.1) is 0 Å². The van der Waals surface area contributed by atoms with E-state index in [0.717, 1.165) is 38.1 Å². The van der Waals surface area contributed by atoms with Crippen LogP contribution in [0.2, 0.25) is 0 Å². The molecule has 262 valence electrons. The van der Waals surface area contributed by atoms with Gasteiger partial charge in [0.05, 0.1) is 11.7 Å². The third-order valence-electron chi connectivity index (χ3n) is 11.0. The molecule has 8 atom stereocenters. The first kappa shape index (κ1) is 38.3. The van der Waals surface area contributed by atoms with Crippen LogP contribution in [0.25, 0.3) is 0 Å². The molecule has 0 aromatic carbocycles. The molecule has 4 aliphatic rings. The molecule has 2 saturated carbocycles. The molecule has 10 heteroatoms. The first-order chi connectivity index (χ1) is 20.9. The van der Waals surface area contributed by atoms with Crippen molar-refractivity contribution in [2.75, 3.05) is 55.0 Å². The quantitative estimate of drug-likeness (QED) is 0.331. The number of esters is 1. The Morgan fingerprint density at radius 1 is 1.00 bits per heavy atom. The third-order valence-corrected chi connectivity index (χ3v) is 11.0. The molecule has 2 heterocycles. The average Bonchev–Trinajstić information content (AvgIpc) is 3.74. The van der Waals surface area contributed by atoms with Crippen LogP contribution in [0.5, 0.6) is 0 Å². The van der Waals surface area contributed by atoms with Gasteiger partial charge in [0.15, 0.2) is 12.1 Å². The minimum absolute atomic E-state index is 0.01000. The van der Waals surface area contributed by atoms with Crippen LogP contribution in [0.4, 0.5) is 0 Å². The van der Waals surface area contributed by atoms with Crippen molar-refractivity contribution in [2.24, 2.45) is 29.1 Å². The van der Waals surface area contributed by atoms with Crippen molar-refractivity contribution in [1.82, 2.24) is 14.7 Å². The summed E-state index contributed by atoms with van der Waals surface area (Å²) in [5.41, 5.74) is -1.55. The molecule has 2 aliphatic heterocycles. The van der Waals surface area contributed by atoms with Crippen LogP contribution in [-0.4, -0.2) is 134 Å². The summed E-state index contributed by atoms with van der Waals surface area (Å²) in [4.78, 5) is 33.2. The fourth-order valence-corrected chi connectivity index (χ4v) is 7.82. The standard InChI is InChI=1S/C27H48N2O4.C8H17NO3/c1-18-13-27(5,32-8)14-19(2)24(30)26(3,4)25(31)33-17-23(29(7)15-18)21-11-22(12-21)28(6)16-20-9-10-20;1-5-4-6(9(2)3)7(10)8(11)12-5/h18-23H,9-17H2,1-8H3;5-8,10-11H,4H2,1-3H3/t18-,19-,21?,22?,23+,27-;5-,6+,7-,8-/m11/s1. The average molecular weight is 640 g/mol. The minimum Gasteiger partial charge on any atom is -0.463 e. The fourth-order valence-electron chi connectivity index (χ4n) is 7.82. The number of nitrogens with zero attached hydrogens (tertiary/aromatic N) is 3. The number of ether oxygens (including phenoxy) is 3. The molecule has 0 unspecified atom stereocenters. The summed E-state index contributed by atoms with van der Waals surface area (Å²) in [6, 6.07) is 0.806. The summed E-state index contributed by atoms with van der Waals surface area (Å²) >= 11 is 0. The Kier molecular flexibility index (Phi) is 13.5. The van der Waals surface area contributed by atoms with E-state index in [-0.39, 0.29) is 29.9 Å². The van der Waals surface area contributed by atoms with Crippen LogP contribution in [0.1, 0.15) is 86.5 Å². The molecule has 2 N–H and O–H groups in total. The zero-order chi connectivity index (χ0) is 33.9. The highest BCUT2D eigenvalue weighted by Crippen LogP contribution is 2.40. The number of cyclic esters (lactones) is 1. The number of aliphatic hydroxyl groups excluding tert-OH is 2. The summed E-state index contributed by atoms with van der Waals surface area (Å²) in [6.45, 7) is 14.1. The lowest BCUT2D eigenvalue weighted by Crippen LogP contribution is -2.54. The van der Waals surface area contributed by atoms with E-state index < -0.39 is 29.4 Å². The molecular formula is C35H65N3O7. The first-order valence-electron chi connectivity index (χ1n) is 17.2. The first-order valence-corrected chi connectivity index (χ1v) is 17.2. The van der Waals surface area contributed by atoms with Crippen LogP contribution in [0.3, 0.4) is 0 Å². The van der Waals surface area contributed by atoms with Gasteiger partial charge in [-0.2, -0.15) is 0 Å². The van der Waals surface area contributed by atoms with E-state index in [9.17, 15) is 19.8 Å². The molecular weight excluding hydrogens is 574 g/mol. The molecule has 0 bridgehead atoms. The van der Waals surface area contributed by atoms with Crippen molar-refractivity contribution in [1.29, 1.82) is 0 Å². The van der Waals surface area contributed by atoms with Gasteiger partial charge in [0.25, 0.3) is 0 Å². The number of hydrogen-bond acceptors (Lipinski definition) is 10. The lowest BCUT2D eigenvalue weighted by molar-refractivity contribution is -0.230. The van der Waals surface area contributed by atoms with Crippen LogP contribution in [-0.2, 0) is 23.8 Å². The van der Waals surface area contributed by atoms with Gasteiger partial charge in [0.1, 0.15) is 18.1 Å². The molecule has 0 amide bonds. The molecule has 2 aliphatic carbocycles. The van der Waals surface area contributed by atoms with E-state index in [2.05, 4.69) is 37.7 Å². The van der Waals surface area contributed by atoms with Gasteiger partial charge in [-0.3, -0.25) is 14.5 Å². The number of ketones is 1. The molecule has 0 radical (unpaired) electrons. The summed E-state index contributed by atoms with van der Waals surface area (Å²) in [7, 11) is 9.94. The van der Waals surface area contributed by atoms with Gasteiger partial charge < -0.3 is 34.2 Å².